The lowest BCUT2D eigenvalue weighted by Crippen LogP contribution is -2.40. The van der Waals surface area contributed by atoms with Crippen LogP contribution in [-0.2, 0) is 14.4 Å². The lowest BCUT2D eigenvalue weighted by atomic mass is 10.1. The Balaban J connectivity index is -0.000000233. The molecule has 0 aliphatic heterocycles. The third-order valence-corrected chi connectivity index (χ3v) is 1.07. The van der Waals surface area contributed by atoms with E-state index >= 15 is 0 Å². The van der Waals surface area contributed by atoms with Gasteiger partial charge in [-0.2, -0.15) is 0 Å². The van der Waals surface area contributed by atoms with Crippen molar-refractivity contribution in [3.8, 4) is 0 Å². The van der Waals surface area contributed by atoms with Gasteiger partial charge in [0.2, 0.25) is 0 Å². The summed E-state index contributed by atoms with van der Waals surface area (Å²) in [5.74, 6) is 0.333. The first-order chi connectivity index (χ1) is 8.09. The molecule has 7 heteroatoms. The Kier molecular flexibility index (Phi) is 17.1. The summed E-state index contributed by atoms with van der Waals surface area (Å²) in [4.78, 5) is 28.7. The fourth-order valence-electron chi connectivity index (χ4n) is 0.416. The van der Waals surface area contributed by atoms with Crippen molar-refractivity contribution in [2.24, 2.45) is 0 Å². The molecule has 18 heavy (non-hydrogen) atoms. The van der Waals surface area contributed by atoms with Crippen molar-refractivity contribution in [2.75, 3.05) is 6.61 Å². The van der Waals surface area contributed by atoms with E-state index in [0.29, 0.717) is 0 Å². The number of carbonyl (C=O) groups excluding carboxylic acids is 3. The van der Waals surface area contributed by atoms with Crippen molar-refractivity contribution in [1.82, 2.24) is 0 Å². The molecule has 0 amide bonds. The smallest absolute Gasteiger partial charge is 0.151 e. The van der Waals surface area contributed by atoms with Crippen LogP contribution in [0.25, 0.3) is 0 Å². The summed E-state index contributed by atoms with van der Waals surface area (Å²) in [7, 11) is 0. The zero-order valence-corrected chi connectivity index (χ0v) is 11.0. The maximum atomic E-state index is 9.76. The van der Waals surface area contributed by atoms with E-state index in [9.17, 15) is 14.4 Å². The first kappa shape index (κ1) is 22.1. The zero-order valence-electron chi connectivity index (χ0n) is 11.0. The van der Waals surface area contributed by atoms with E-state index in [0.717, 1.165) is 0 Å². The number of ketones is 2. The van der Waals surface area contributed by atoms with E-state index < -0.39 is 24.9 Å². The summed E-state index contributed by atoms with van der Waals surface area (Å²) < 4.78 is 0. The lowest BCUT2D eigenvalue weighted by molar-refractivity contribution is -0.127. The monoisotopic (exact) mass is 266 g/mol. The minimum absolute atomic E-state index is 0.0869. The summed E-state index contributed by atoms with van der Waals surface area (Å²) in [5, 5.41) is 34.1. The van der Waals surface area contributed by atoms with Crippen LogP contribution in [0.15, 0.2) is 0 Å². The average molecular weight is 266 g/mol. The molecule has 0 aliphatic rings. The Morgan fingerprint density at radius 3 is 1.44 bits per heavy atom. The fourth-order valence-corrected chi connectivity index (χ4v) is 0.416. The number of rotatable bonds is 4. The van der Waals surface area contributed by atoms with Gasteiger partial charge in [-0.05, 0) is 27.7 Å². The van der Waals surface area contributed by atoms with Crippen LogP contribution in [0.3, 0.4) is 0 Å². The topological polar surface area (TPSA) is 132 Å². The summed E-state index contributed by atoms with van der Waals surface area (Å²) in [6.45, 7) is 5.42. The van der Waals surface area contributed by atoms with Crippen molar-refractivity contribution >= 4 is 17.9 Å². The van der Waals surface area contributed by atoms with Crippen LogP contribution >= 0.6 is 0 Å². The van der Waals surface area contributed by atoms with Crippen molar-refractivity contribution < 1.29 is 34.8 Å². The Hall–Kier alpha value is -1.15. The van der Waals surface area contributed by atoms with Crippen LogP contribution < -0.4 is 0 Å². The van der Waals surface area contributed by atoms with E-state index in [1.165, 1.54) is 27.7 Å². The quantitative estimate of drug-likeness (QED) is 0.453. The molecular weight excluding hydrogens is 244 g/mol. The molecule has 0 spiro atoms. The highest BCUT2D eigenvalue weighted by Gasteiger charge is 2.22. The molecule has 0 fully saturated rings. The normalized spacial score (nSPS) is 13.8. The van der Waals surface area contributed by atoms with Gasteiger partial charge in [0, 0.05) is 0 Å². The molecule has 0 heterocycles. The molecule has 3 atom stereocenters. The minimum atomic E-state index is -1.64. The molecule has 0 radical (unpaired) electrons. The van der Waals surface area contributed by atoms with E-state index in [1.54, 1.807) is 0 Å². The van der Waals surface area contributed by atoms with Gasteiger partial charge in [0.05, 0.1) is 6.61 Å². The summed E-state index contributed by atoms with van der Waals surface area (Å²) >= 11 is 0. The van der Waals surface area contributed by atoms with Crippen LogP contribution in [-0.4, -0.2) is 63.2 Å². The number of aliphatic hydroxyl groups excluding tert-OH is 4. The molecule has 0 bridgehead atoms. The van der Waals surface area contributed by atoms with E-state index in [4.69, 9.17) is 20.4 Å². The molecule has 0 aromatic rings. The van der Waals surface area contributed by atoms with E-state index in [2.05, 4.69) is 0 Å². The Morgan fingerprint density at radius 1 is 1.00 bits per heavy atom. The molecule has 0 saturated carbocycles. The van der Waals surface area contributed by atoms with Gasteiger partial charge in [0.1, 0.15) is 29.9 Å². The maximum absolute atomic E-state index is 9.76. The Labute approximate surface area is 106 Å². The van der Waals surface area contributed by atoms with Gasteiger partial charge in [0.25, 0.3) is 0 Å². The first-order valence-electron chi connectivity index (χ1n) is 5.14. The molecule has 4 N–H and O–H groups in total. The second-order valence-corrected chi connectivity index (χ2v) is 3.68. The van der Waals surface area contributed by atoms with Gasteiger partial charge in [0.15, 0.2) is 6.29 Å². The van der Waals surface area contributed by atoms with Crippen LogP contribution in [0.5, 0.6) is 0 Å². The van der Waals surface area contributed by atoms with Crippen LogP contribution in [0.4, 0.5) is 0 Å². The molecule has 0 rings (SSSR count). The largest absolute Gasteiger partial charge is 0.394 e. The number of aldehydes is 1. The van der Waals surface area contributed by atoms with Crippen molar-refractivity contribution in [3.05, 3.63) is 0 Å². The number of hydrogen-bond acceptors (Lipinski definition) is 7. The molecule has 108 valence electrons. The Morgan fingerprint density at radius 2 is 1.28 bits per heavy atom. The molecular formula is C11H22O7. The lowest BCUT2D eigenvalue weighted by Gasteiger charge is -2.16. The predicted octanol–water partition coefficient (Wildman–Crippen LogP) is -1.55. The van der Waals surface area contributed by atoms with Crippen molar-refractivity contribution in [3.63, 3.8) is 0 Å². The van der Waals surface area contributed by atoms with Gasteiger partial charge >= 0.3 is 0 Å². The van der Waals surface area contributed by atoms with Crippen molar-refractivity contribution in [2.45, 2.75) is 46.0 Å². The number of hydrogen-bond donors (Lipinski definition) is 4. The van der Waals surface area contributed by atoms with E-state index in [1.807, 2.05) is 0 Å². The molecule has 0 unspecified atom stereocenters. The van der Waals surface area contributed by atoms with Gasteiger partial charge in [-0.25, -0.2) is 0 Å². The fraction of sp³-hybridized carbons (Fsp3) is 0.727. The third kappa shape index (κ3) is 24.2. The molecule has 0 aromatic heterocycles. The Bertz CT molecular complexity index is 220. The average Bonchev–Trinajstić information content (AvgIpc) is 2.24. The highest BCUT2D eigenvalue weighted by Crippen LogP contribution is 1.96. The van der Waals surface area contributed by atoms with Crippen molar-refractivity contribution in [1.29, 1.82) is 0 Å². The standard InChI is InChI=1S/C5H10O5.2C3H6O/c6-1-3(8)5(10)4(9)2-7;2*1-3(2)4/h1,3-5,7-10H,2H2;2*1-2H3/t3-,4+,5+;;/m0../s1. The highest BCUT2D eigenvalue weighted by molar-refractivity contribution is 5.72. The molecule has 0 aromatic carbocycles. The summed E-state index contributed by atoms with van der Waals surface area (Å²) in [6.07, 6.45) is -4.63. The predicted molar refractivity (Wildman–Crippen MR) is 63.9 cm³/mol. The number of Topliss-reactive ketones (excluding diaryl/α,β-unsaturated/α-hetero) is 2. The molecule has 0 saturated heterocycles. The number of aliphatic hydroxyl groups is 4. The van der Waals surface area contributed by atoms with Gasteiger partial charge < -0.3 is 34.8 Å². The summed E-state index contributed by atoms with van der Waals surface area (Å²) in [6, 6.07) is 0. The third-order valence-electron chi connectivity index (χ3n) is 1.07. The van der Waals surface area contributed by atoms with Gasteiger partial charge in [-0.1, -0.05) is 0 Å². The zero-order chi connectivity index (χ0) is 15.3. The highest BCUT2D eigenvalue weighted by atomic mass is 16.4. The van der Waals surface area contributed by atoms with Crippen LogP contribution in [0.1, 0.15) is 27.7 Å². The van der Waals surface area contributed by atoms with Crippen LogP contribution in [0, 0.1) is 0 Å². The minimum Gasteiger partial charge on any atom is -0.394 e. The second-order valence-electron chi connectivity index (χ2n) is 3.68. The van der Waals surface area contributed by atoms with E-state index in [-0.39, 0.29) is 17.9 Å². The van der Waals surface area contributed by atoms with Crippen LogP contribution in [0.2, 0.25) is 0 Å². The molecule has 7 nitrogen and oxygen atoms in total. The number of carbonyl (C=O) groups is 3. The SMILES string of the molecule is CC(C)=O.CC(C)=O.O=C[C@H](O)[C@@H](O)[C@H](O)CO. The first-order valence-corrected chi connectivity index (χ1v) is 5.14. The van der Waals surface area contributed by atoms with Gasteiger partial charge in [-0.15, -0.1) is 0 Å². The summed E-state index contributed by atoms with van der Waals surface area (Å²) in [5.41, 5.74) is 0. The second kappa shape index (κ2) is 13.9. The molecule has 0 aliphatic carbocycles. The van der Waals surface area contributed by atoms with Gasteiger partial charge in [-0.3, -0.25) is 0 Å². The maximum Gasteiger partial charge on any atom is 0.151 e.